The molecule has 28 heavy (non-hydrogen) atoms. The molecule has 4 rings (SSSR count). The van der Waals surface area contributed by atoms with Crippen molar-refractivity contribution >= 4 is 17.7 Å². The summed E-state index contributed by atoms with van der Waals surface area (Å²) in [5, 5.41) is 12.7. The summed E-state index contributed by atoms with van der Waals surface area (Å²) in [6.45, 7) is 2.97. The van der Waals surface area contributed by atoms with Gasteiger partial charge in [0.2, 0.25) is 5.91 Å². The highest BCUT2D eigenvalue weighted by Crippen LogP contribution is 2.41. The highest BCUT2D eigenvalue weighted by molar-refractivity contribution is 5.92. The summed E-state index contributed by atoms with van der Waals surface area (Å²) in [6.07, 6.45) is 3.97. The molecule has 3 fully saturated rings. The van der Waals surface area contributed by atoms with Crippen LogP contribution >= 0.6 is 0 Å². The van der Waals surface area contributed by atoms with E-state index < -0.39 is 6.10 Å². The smallest absolute Gasteiger partial charge is 0.267 e. The first kappa shape index (κ1) is 19.0. The van der Waals surface area contributed by atoms with Crippen LogP contribution in [0.2, 0.25) is 0 Å². The van der Waals surface area contributed by atoms with Crippen molar-refractivity contribution in [1.29, 1.82) is 0 Å². The number of aliphatic hydroxyl groups excluding tert-OH is 1. The number of carbonyl (C=O) groups excluding carboxylic acids is 3. The lowest BCUT2D eigenvalue weighted by Crippen LogP contribution is -2.67. The second-order valence-corrected chi connectivity index (χ2v) is 8.30. The number of nitrogens with one attached hydrogen (secondary N) is 2. The molecule has 3 amide bonds. The van der Waals surface area contributed by atoms with Crippen LogP contribution in [0, 0.1) is 11.8 Å². The van der Waals surface area contributed by atoms with E-state index in [9.17, 15) is 19.5 Å². The van der Waals surface area contributed by atoms with Crippen LogP contribution in [-0.2, 0) is 9.59 Å². The zero-order valence-corrected chi connectivity index (χ0v) is 16.1. The maximum Gasteiger partial charge on any atom is 0.267 e. The number of hydrogen-bond donors (Lipinski definition) is 3. The quantitative estimate of drug-likeness (QED) is 0.692. The Morgan fingerprint density at radius 2 is 2.14 bits per heavy atom. The number of hydrogen-bond acceptors (Lipinski definition) is 4. The molecule has 0 unspecified atom stereocenters. The summed E-state index contributed by atoms with van der Waals surface area (Å²) in [6, 6.07) is 3.46. The lowest BCUT2D eigenvalue weighted by Gasteiger charge is -2.56. The van der Waals surface area contributed by atoms with E-state index in [4.69, 9.17) is 0 Å². The van der Waals surface area contributed by atoms with Crippen LogP contribution < -0.4 is 5.32 Å². The fourth-order valence-electron chi connectivity index (χ4n) is 5.25. The van der Waals surface area contributed by atoms with Gasteiger partial charge in [-0.25, -0.2) is 0 Å². The van der Waals surface area contributed by atoms with Crippen molar-refractivity contribution in [2.24, 2.45) is 11.8 Å². The fraction of sp³-hybridized carbons (Fsp3) is 0.650. The average Bonchev–Trinajstić information content (AvgIpc) is 3.22. The van der Waals surface area contributed by atoms with E-state index in [0.29, 0.717) is 31.7 Å². The Kier molecular flexibility index (Phi) is 5.14. The second-order valence-electron chi connectivity index (χ2n) is 8.30. The molecule has 1 aromatic heterocycles. The van der Waals surface area contributed by atoms with Crippen LogP contribution in [0.1, 0.15) is 43.1 Å². The van der Waals surface area contributed by atoms with Gasteiger partial charge in [-0.2, -0.15) is 0 Å². The normalized spacial score (nSPS) is 30.6. The van der Waals surface area contributed by atoms with Crippen molar-refractivity contribution in [3.8, 4) is 0 Å². The second kappa shape index (κ2) is 7.58. The first-order valence-corrected chi connectivity index (χ1v) is 10.1. The van der Waals surface area contributed by atoms with Crippen molar-refractivity contribution in [2.75, 3.05) is 19.6 Å². The van der Waals surface area contributed by atoms with E-state index in [1.165, 1.54) is 6.92 Å². The minimum atomic E-state index is -1.02. The zero-order valence-electron chi connectivity index (χ0n) is 16.1. The molecule has 3 aliphatic heterocycles. The minimum Gasteiger partial charge on any atom is -0.384 e. The highest BCUT2D eigenvalue weighted by Gasteiger charge is 2.50. The topological polar surface area (TPSA) is 106 Å². The molecule has 3 saturated heterocycles. The van der Waals surface area contributed by atoms with Gasteiger partial charge in [0.25, 0.3) is 11.8 Å². The summed E-state index contributed by atoms with van der Waals surface area (Å²) < 4.78 is 0. The predicted octanol–water partition coefficient (Wildman–Crippen LogP) is 0.353. The van der Waals surface area contributed by atoms with E-state index >= 15 is 0 Å². The highest BCUT2D eigenvalue weighted by atomic mass is 16.3. The zero-order chi connectivity index (χ0) is 19.8. The van der Waals surface area contributed by atoms with E-state index in [-0.39, 0.29) is 41.6 Å². The van der Waals surface area contributed by atoms with Crippen LogP contribution in [0.25, 0.3) is 0 Å². The summed E-state index contributed by atoms with van der Waals surface area (Å²) in [7, 11) is 0. The third-order valence-corrected chi connectivity index (χ3v) is 6.48. The molecule has 0 spiro atoms. The van der Waals surface area contributed by atoms with Crippen molar-refractivity contribution < 1.29 is 19.5 Å². The molecule has 5 atom stereocenters. The minimum absolute atomic E-state index is 0.101. The van der Waals surface area contributed by atoms with Gasteiger partial charge in [-0.1, -0.05) is 0 Å². The standard InChI is InChI=1S/C20H28N4O4/c1-12(25)20(28)23-10-13-8-14(11-23)17(24-16(13)5-2-6-18(24)26)9-22-19(27)15-4-3-7-21-15/h3-4,7,12-14,16-17,21,25H,2,5-6,8-11H2,1H3,(H,22,27)/t12-,13-,14+,16+,17+/m1/s1. The van der Waals surface area contributed by atoms with Crippen molar-refractivity contribution in [3.05, 3.63) is 24.0 Å². The van der Waals surface area contributed by atoms with E-state index in [1.54, 1.807) is 23.2 Å². The van der Waals surface area contributed by atoms with Crippen molar-refractivity contribution in [3.63, 3.8) is 0 Å². The van der Waals surface area contributed by atoms with Crippen molar-refractivity contribution in [2.45, 2.75) is 50.8 Å². The molecular formula is C20H28N4O4. The number of H-pyrrole nitrogens is 1. The summed E-state index contributed by atoms with van der Waals surface area (Å²) in [5.41, 5.74) is 0.491. The number of aliphatic hydroxyl groups is 1. The molecule has 152 valence electrons. The molecule has 0 saturated carbocycles. The van der Waals surface area contributed by atoms with Gasteiger partial charge >= 0.3 is 0 Å². The first-order chi connectivity index (χ1) is 13.5. The van der Waals surface area contributed by atoms with E-state index in [1.807, 2.05) is 4.90 Å². The molecule has 8 nitrogen and oxygen atoms in total. The maximum atomic E-state index is 12.8. The molecule has 3 aliphatic rings. The maximum absolute atomic E-state index is 12.8. The van der Waals surface area contributed by atoms with E-state index in [0.717, 1.165) is 19.3 Å². The Morgan fingerprint density at radius 1 is 1.36 bits per heavy atom. The number of likely N-dealkylation sites (tertiary alicyclic amines) is 1. The Bertz CT molecular complexity index is 747. The number of rotatable bonds is 4. The monoisotopic (exact) mass is 388 g/mol. The van der Waals surface area contributed by atoms with Crippen LogP contribution in [0.5, 0.6) is 0 Å². The van der Waals surface area contributed by atoms with Crippen LogP contribution in [0.15, 0.2) is 18.3 Å². The Balaban J connectivity index is 1.54. The van der Waals surface area contributed by atoms with Crippen LogP contribution in [-0.4, -0.2) is 75.4 Å². The molecule has 2 bridgehead atoms. The molecule has 0 aromatic carbocycles. The van der Waals surface area contributed by atoms with Gasteiger partial charge in [-0.05, 0) is 50.2 Å². The van der Waals surface area contributed by atoms with Gasteiger partial charge in [-0.3, -0.25) is 14.4 Å². The number of carbonyl (C=O) groups is 3. The number of fused-ring (bicyclic) bond motifs is 4. The third-order valence-electron chi connectivity index (χ3n) is 6.48. The summed E-state index contributed by atoms with van der Waals surface area (Å²) in [4.78, 5) is 44.2. The molecule has 4 heterocycles. The number of aromatic nitrogens is 1. The Morgan fingerprint density at radius 3 is 2.86 bits per heavy atom. The fourth-order valence-corrected chi connectivity index (χ4v) is 5.25. The molecule has 0 radical (unpaired) electrons. The molecule has 8 heteroatoms. The number of amides is 3. The number of aromatic amines is 1. The van der Waals surface area contributed by atoms with Gasteiger partial charge in [0.05, 0.1) is 6.04 Å². The summed E-state index contributed by atoms with van der Waals surface area (Å²) >= 11 is 0. The van der Waals surface area contributed by atoms with Crippen molar-refractivity contribution in [1.82, 2.24) is 20.1 Å². The molecule has 0 aliphatic carbocycles. The SMILES string of the molecule is C[C@@H](O)C(=O)N1C[C@H]2C[C@@H](C1)[C@H](CNC(=O)c1ccc[nH]1)N1C(=O)CCC[C@@H]21. The van der Waals surface area contributed by atoms with Gasteiger partial charge in [0.15, 0.2) is 0 Å². The van der Waals surface area contributed by atoms with E-state index in [2.05, 4.69) is 10.3 Å². The lowest BCUT2D eigenvalue weighted by atomic mass is 9.72. The largest absolute Gasteiger partial charge is 0.384 e. The molecule has 1 aromatic rings. The number of piperidine rings is 3. The number of nitrogens with zero attached hydrogens (tertiary/aromatic N) is 2. The molecular weight excluding hydrogens is 360 g/mol. The Hall–Kier alpha value is -2.35. The molecule has 3 N–H and O–H groups in total. The Labute approximate surface area is 164 Å². The van der Waals surface area contributed by atoms with Gasteiger partial charge in [0, 0.05) is 38.3 Å². The third kappa shape index (κ3) is 3.41. The van der Waals surface area contributed by atoms with Gasteiger partial charge in [-0.15, -0.1) is 0 Å². The van der Waals surface area contributed by atoms with Crippen LogP contribution in [0.3, 0.4) is 0 Å². The van der Waals surface area contributed by atoms with Gasteiger partial charge < -0.3 is 25.2 Å². The average molecular weight is 388 g/mol. The van der Waals surface area contributed by atoms with Crippen LogP contribution in [0.4, 0.5) is 0 Å². The van der Waals surface area contributed by atoms with Gasteiger partial charge in [0.1, 0.15) is 11.8 Å². The first-order valence-electron chi connectivity index (χ1n) is 10.1. The summed E-state index contributed by atoms with van der Waals surface area (Å²) in [5.74, 6) is 0.0467. The predicted molar refractivity (Wildman–Crippen MR) is 101 cm³/mol. The lowest BCUT2D eigenvalue weighted by molar-refractivity contribution is -0.158.